The van der Waals surface area contributed by atoms with Crippen molar-refractivity contribution in [2.45, 2.75) is 30.5 Å². The molecule has 0 spiro atoms. The smallest absolute Gasteiger partial charge is 0.326 e. The Hall–Kier alpha value is -2.08. The van der Waals surface area contributed by atoms with Crippen LogP contribution in [0, 0.1) is 0 Å². The first-order valence-corrected chi connectivity index (χ1v) is 6.22. The predicted octanol–water partition coefficient (Wildman–Crippen LogP) is -0.135. The molecular weight excluding hydrogens is 246 g/mol. The molecule has 2 aliphatic heterocycles. The van der Waals surface area contributed by atoms with Gasteiger partial charge in [0.05, 0.1) is 6.04 Å². The lowest BCUT2D eigenvalue weighted by molar-refractivity contribution is -0.141. The molecule has 100 valence electrons. The first-order valence-electron chi connectivity index (χ1n) is 6.22. The third-order valence-corrected chi connectivity index (χ3v) is 3.91. The summed E-state index contributed by atoms with van der Waals surface area (Å²) in [5, 5.41) is 14.9. The molecule has 3 rings (SSSR count). The van der Waals surface area contributed by atoms with Gasteiger partial charge in [0.15, 0.2) is 0 Å². The number of carbonyl (C=O) groups is 2. The van der Waals surface area contributed by atoms with Gasteiger partial charge in [-0.2, -0.15) is 0 Å². The fraction of sp³-hybridized carbons (Fsp3) is 0.385. The highest BCUT2D eigenvalue weighted by Gasteiger charge is 2.44. The van der Waals surface area contributed by atoms with Gasteiger partial charge < -0.3 is 21.5 Å². The normalized spacial score (nSPS) is 32.6. The summed E-state index contributed by atoms with van der Waals surface area (Å²) in [4.78, 5) is 23.1. The number of carboxylic acids is 1. The van der Waals surface area contributed by atoms with Gasteiger partial charge >= 0.3 is 5.97 Å². The second kappa shape index (κ2) is 4.24. The van der Waals surface area contributed by atoms with E-state index in [1.54, 1.807) is 0 Å². The molecule has 5 N–H and O–H groups in total. The van der Waals surface area contributed by atoms with Gasteiger partial charge in [-0.05, 0) is 18.1 Å². The van der Waals surface area contributed by atoms with Crippen LogP contribution in [0.2, 0.25) is 0 Å². The van der Waals surface area contributed by atoms with Crippen LogP contribution in [0.25, 0.3) is 0 Å². The van der Waals surface area contributed by atoms with Crippen LogP contribution in [0.3, 0.4) is 0 Å². The lowest BCUT2D eigenvalue weighted by atomic mass is 9.87. The van der Waals surface area contributed by atoms with Crippen LogP contribution in [-0.2, 0) is 9.59 Å². The zero-order valence-corrected chi connectivity index (χ0v) is 10.2. The number of carbonyl (C=O) groups excluding carboxylic acids is 1. The number of hydrogen-bond acceptors (Lipinski definition) is 4. The van der Waals surface area contributed by atoms with Crippen LogP contribution in [0.4, 0.5) is 5.69 Å². The average Bonchev–Trinajstić information content (AvgIpc) is 2.70. The molecule has 1 saturated heterocycles. The molecule has 0 saturated carbocycles. The molecule has 1 aromatic carbocycles. The Bertz CT molecular complexity index is 546. The zero-order chi connectivity index (χ0) is 13.6. The van der Waals surface area contributed by atoms with E-state index in [4.69, 9.17) is 10.8 Å². The summed E-state index contributed by atoms with van der Waals surface area (Å²) in [5.41, 5.74) is 7.91. The molecule has 2 aliphatic rings. The number of carboxylic acid groups (broad SMARTS) is 1. The van der Waals surface area contributed by atoms with E-state index in [0.717, 1.165) is 11.3 Å². The third-order valence-electron chi connectivity index (χ3n) is 3.91. The molecule has 4 atom stereocenters. The molecule has 1 amide bonds. The number of rotatable bonds is 1. The standard InChI is InChI=1S/C13H15N3O3/c14-10-11-7(5-9(13(18)19)16-12(10)17)6-3-1-2-4-8(6)15-11/h1-4,7,9-11,15H,5,14H2,(H,16,17)(H,18,19). The minimum absolute atomic E-state index is 0.0637. The van der Waals surface area contributed by atoms with E-state index in [9.17, 15) is 9.59 Å². The summed E-state index contributed by atoms with van der Waals surface area (Å²) in [6, 6.07) is 5.80. The molecule has 4 unspecified atom stereocenters. The Balaban J connectivity index is 2.00. The van der Waals surface area contributed by atoms with Crippen LogP contribution >= 0.6 is 0 Å². The van der Waals surface area contributed by atoms with Gasteiger partial charge in [0.25, 0.3) is 0 Å². The van der Waals surface area contributed by atoms with Gasteiger partial charge in [0.2, 0.25) is 5.91 Å². The summed E-state index contributed by atoms with van der Waals surface area (Å²) < 4.78 is 0. The van der Waals surface area contributed by atoms with E-state index in [2.05, 4.69) is 10.6 Å². The third kappa shape index (κ3) is 1.84. The van der Waals surface area contributed by atoms with E-state index in [1.807, 2.05) is 24.3 Å². The number of anilines is 1. The Morgan fingerprint density at radius 3 is 2.79 bits per heavy atom. The van der Waals surface area contributed by atoms with Gasteiger partial charge in [-0.15, -0.1) is 0 Å². The van der Waals surface area contributed by atoms with Crippen molar-refractivity contribution in [3.8, 4) is 0 Å². The van der Waals surface area contributed by atoms with Crippen molar-refractivity contribution in [2.75, 3.05) is 5.32 Å². The van der Waals surface area contributed by atoms with Crippen molar-refractivity contribution in [3.05, 3.63) is 29.8 Å². The van der Waals surface area contributed by atoms with Crippen LogP contribution in [0.5, 0.6) is 0 Å². The summed E-state index contributed by atoms with van der Waals surface area (Å²) in [6.45, 7) is 0. The quantitative estimate of drug-likeness (QED) is 0.563. The first kappa shape index (κ1) is 12.0. The number of para-hydroxylation sites is 1. The van der Waals surface area contributed by atoms with Crippen molar-refractivity contribution in [1.82, 2.24) is 5.32 Å². The van der Waals surface area contributed by atoms with Gasteiger partial charge in [-0.3, -0.25) is 4.79 Å². The summed E-state index contributed by atoms with van der Waals surface area (Å²) >= 11 is 0. The number of aliphatic carboxylic acids is 1. The van der Waals surface area contributed by atoms with E-state index < -0.39 is 24.0 Å². The van der Waals surface area contributed by atoms with E-state index in [1.165, 1.54) is 0 Å². The Labute approximate surface area is 110 Å². The van der Waals surface area contributed by atoms with Gasteiger partial charge in [0.1, 0.15) is 12.1 Å². The van der Waals surface area contributed by atoms with E-state index in [-0.39, 0.29) is 12.0 Å². The van der Waals surface area contributed by atoms with Crippen molar-refractivity contribution >= 4 is 17.6 Å². The number of hydrogen-bond donors (Lipinski definition) is 4. The maximum atomic E-state index is 11.9. The van der Waals surface area contributed by atoms with E-state index in [0.29, 0.717) is 6.42 Å². The van der Waals surface area contributed by atoms with Gasteiger partial charge in [-0.1, -0.05) is 18.2 Å². The number of benzene rings is 1. The predicted molar refractivity (Wildman–Crippen MR) is 68.8 cm³/mol. The first-order chi connectivity index (χ1) is 9.08. The molecule has 0 bridgehead atoms. The molecule has 0 aromatic heterocycles. The van der Waals surface area contributed by atoms with Crippen LogP contribution < -0.4 is 16.4 Å². The fourth-order valence-corrected chi connectivity index (χ4v) is 2.95. The highest BCUT2D eigenvalue weighted by atomic mass is 16.4. The minimum atomic E-state index is -1.02. The fourth-order valence-electron chi connectivity index (χ4n) is 2.95. The maximum absolute atomic E-state index is 11.9. The van der Waals surface area contributed by atoms with Crippen molar-refractivity contribution in [2.24, 2.45) is 5.73 Å². The van der Waals surface area contributed by atoms with Crippen LogP contribution in [-0.4, -0.2) is 35.1 Å². The second-order valence-electron chi connectivity index (χ2n) is 5.02. The van der Waals surface area contributed by atoms with Gasteiger partial charge in [-0.25, -0.2) is 4.79 Å². The number of fused-ring (bicyclic) bond motifs is 3. The van der Waals surface area contributed by atoms with Crippen molar-refractivity contribution in [1.29, 1.82) is 0 Å². The monoisotopic (exact) mass is 261 g/mol. The van der Waals surface area contributed by atoms with Crippen LogP contribution in [0.15, 0.2) is 24.3 Å². The maximum Gasteiger partial charge on any atom is 0.326 e. The SMILES string of the molecule is NC1C(=O)NC(C(=O)O)CC2c3ccccc3NC12. The topological polar surface area (TPSA) is 104 Å². The van der Waals surface area contributed by atoms with Gasteiger partial charge in [0, 0.05) is 11.6 Å². The molecule has 1 fully saturated rings. The van der Waals surface area contributed by atoms with E-state index >= 15 is 0 Å². The summed E-state index contributed by atoms with van der Waals surface area (Å²) in [7, 11) is 0. The minimum Gasteiger partial charge on any atom is -0.480 e. The lowest BCUT2D eigenvalue weighted by Crippen LogP contribution is -2.51. The largest absolute Gasteiger partial charge is 0.480 e. The number of amides is 1. The lowest BCUT2D eigenvalue weighted by Gasteiger charge is -2.21. The Kier molecular flexibility index (Phi) is 2.67. The molecule has 0 aliphatic carbocycles. The molecule has 19 heavy (non-hydrogen) atoms. The summed E-state index contributed by atoms with van der Waals surface area (Å²) in [6.07, 6.45) is 0.351. The molecular formula is C13H15N3O3. The number of nitrogens with one attached hydrogen (secondary N) is 2. The van der Waals surface area contributed by atoms with Crippen molar-refractivity contribution < 1.29 is 14.7 Å². The van der Waals surface area contributed by atoms with Crippen LogP contribution in [0.1, 0.15) is 17.9 Å². The highest BCUT2D eigenvalue weighted by molar-refractivity contribution is 5.89. The molecule has 0 radical (unpaired) electrons. The average molecular weight is 261 g/mol. The molecule has 6 heteroatoms. The summed E-state index contributed by atoms with van der Waals surface area (Å²) in [5.74, 6) is -1.50. The van der Waals surface area contributed by atoms with Crippen molar-refractivity contribution in [3.63, 3.8) is 0 Å². The molecule has 2 heterocycles. The molecule has 1 aromatic rings. The zero-order valence-electron chi connectivity index (χ0n) is 10.2. The highest BCUT2D eigenvalue weighted by Crippen LogP contribution is 2.40. The molecule has 6 nitrogen and oxygen atoms in total. The number of nitrogens with two attached hydrogens (primary N) is 1. The second-order valence-corrected chi connectivity index (χ2v) is 5.02. The Morgan fingerprint density at radius 1 is 1.32 bits per heavy atom. The Morgan fingerprint density at radius 2 is 2.05 bits per heavy atom.